The summed E-state index contributed by atoms with van der Waals surface area (Å²) in [7, 11) is 0. The van der Waals surface area contributed by atoms with Crippen LogP contribution in [0.3, 0.4) is 0 Å². The molecular weight excluding hydrogens is 170 g/mol. The van der Waals surface area contributed by atoms with E-state index in [1.54, 1.807) is 6.07 Å². The van der Waals surface area contributed by atoms with E-state index >= 15 is 0 Å². The number of anilines is 1. The van der Waals surface area contributed by atoms with E-state index in [0.717, 1.165) is 0 Å². The SMILES string of the molecule is CC(C)(O)C(=O)Nc1ncccn1. The van der Waals surface area contributed by atoms with Gasteiger partial charge in [0.2, 0.25) is 5.95 Å². The van der Waals surface area contributed by atoms with Gasteiger partial charge in [-0.05, 0) is 19.9 Å². The van der Waals surface area contributed by atoms with Gasteiger partial charge >= 0.3 is 0 Å². The van der Waals surface area contributed by atoms with Crippen LogP contribution in [0.15, 0.2) is 18.5 Å². The van der Waals surface area contributed by atoms with Crippen LogP contribution in [0.5, 0.6) is 0 Å². The zero-order valence-electron chi connectivity index (χ0n) is 7.48. The number of hydrogen-bond acceptors (Lipinski definition) is 4. The van der Waals surface area contributed by atoms with Gasteiger partial charge in [0.1, 0.15) is 5.60 Å². The number of amides is 1. The van der Waals surface area contributed by atoms with E-state index in [2.05, 4.69) is 15.3 Å². The zero-order valence-corrected chi connectivity index (χ0v) is 7.48. The lowest BCUT2D eigenvalue weighted by Gasteiger charge is -2.15. The molecule has 70 valence electrons. The third kappa shape index (κ3) is 2.79. The number of carbonyl (C=O) groups excluding carboxylic acids is 1. The van der Waals surface area contributed by atoms with Crippen molar-refractivity contribution in [3.8, 4) is 0 Å². The van der Waals surface area contributed by atoms with Crippen LogP contribution in [-0.2, 0) is 4.79 Å². The molecule has 5 heteroatoms. The van der Waals surface area contributed by atoms with E-state index in [0.29, 0.717) is 0 Å². The molecule has 0 saturated carbocycles. The smallest absolute Gasteiger partial charge is 0.258 e. The molecule has 1 rings (SSSR count). The highest BCUT2D eigenvalue weighted by Crippen LogP contribution is 2.04. The summed E-state index contributed by atoms with van der Waals surface area (Å²) in [6.07, 6.45) is 3.01. The molecule has 0 bridgehead atoms. The Kier molecular flexibility index (Phi) is 2.57. The Hall–Kier alpha value is -1.49. The second kappa shape index (κ2) is 3.49. The van der Waals surface area contributed by atoms with Crippen LogP contribution in [0, 0.1) is 0 Å². The quantitative estimate of drug-likeness (QED) is 0.682. The van der Waals surface area contributed by atoms with Gasteiger partial charge < -0.3 is 5.11 Å². The third-order valence-corrected chi connectivity index (χ3v) is 1.35. The molecule has 0 fully saturated rings. The zero-order chi connectivity index (χ0) is 9.90. The van der Waals surface area contributed by atoms with Crippen molar-refractivity contribution in [1.82, 2.24) is 9.97 Å². The predicted octanol–water partition coefficient (Wildman–Crippen LogP) is 0.186. The molecule has 0 spiro atoms. The van der Waals surface area contributed by atoms with E-state index in [9.17, 15) is 9.90 Å². The van der Waals surface area contributed by atoms with Crippen molar-refractivity contribution >= 4 is 11.9 Å². The standard InChI is InChI=1S/C8H11N3O2/c1-8(2,13)6(12)11-7-9-4-3-5-10-7/h3-5,13H,1-2H3,(H,9,10,11,12). The van der Waals surface area contributed by atoms with E-state index in [4.69, 9.17) is 0 Å². The molecular formula is C8H11N3O2. The first-order valence-corrected chi connectivity index (χ1v) is 3.81. The van der Waals surface area contributed by atoms with Crippen LogP contribution < -0.4 is 5.32 Å². The molecule has 1 aromatic rings. The third-order valence-electron chi connectivity index (χ3n) is 1.35. The summed E-state index contributed by atoms with van der Waals surface area (Å²) in [5, 5.41) is 11.7. The van der Waals surface area contributed by atoms with Crippen LogP contribution in [0.1, 0.15) is 13.8 Å². The van der Waals surface area contributed by atoms with Gasteiger partial charge in [-0.25, -0.2) is 9.97 Å². The lowest BCUT2D eigenvalue weighted by Crippen LogP contribution is -2.37. The largest absolute Gasteiger partial charge is 0.381 e. The summed E-state index contributed by atoms with van der Waals surface area (Å²) in [6.45, 7) is 2.79. The summed E-state index contributed by atoms with van der Waals surface area (Å²) in [5.41, 5.74) is -1.42. The van der Waals surface area contributed by atoms with Gasteiger partial charge in [-0.2, -0.15) is 0 Å². The Labute approximate surface area is 75.8 Å². The summed E-state index contributed by atoms with van der Waals surface area (Å²) < 4.78 is 0. The molecule has 0 aromatic carbocycles. The van der Waals surface area contributed by atoms with Crippen LogP contribution in [-0.4, -0.2) is 26.6 Å². The lowest BCUT2D eigenvalue weighted by molar-refractivity contribution is -0.130. The fourth-order valence-corrected chi connectivity index (χ4v) is 0.618. The molecule has 1 heterocycles. The molecule has 0 aliphatic carbocycles. The Morgan fingerprint density at radius 2 is 2.00 bits per heavy atom. The van der Waals surface area contributed by atoms with Crippen molar-refractivity contribution in [2.75, 3.05) is 5.32 Å². The topological polar surface area (TPSA) is 75.1 Å². The van der Waals surface area contributed by atoms with Gasteiger partial charge in [-0.15, -0.1) is 0 Å². The normalized spacial score (nSPS) is 11.0. The van der Waals surface area contributed by atoms with Gasteiger partial charge in [-0.1, -0.05) is 0 Å². The highest BCUT2D eigenvalue weighted by atomic mass is 16.3. The first kappa shape index (κ1) is 9.60. The minimum absolute atomic E-state index is 0.189. The molecule has 2 N–H and O–H groups in total. The molecule has 0 aliphatic rings. The second-order valence-corrected chi connectivity index (χ2v) is 3.09. The minimum Gasteiger partial charge on any atom is -0.381 e. The number of aliphatic hydroxyl groups is 1. The summed E-state index contributed by atoms with van der Waals surface area (Å²) in [6, 6.07) is 1.64. The fraction of sp³-hybridized carbons (Fsp3) is 0.375. The Morgan fingerprint density at radius 1 is 1.46 bits per heavy atom. The van der Waals surface area contributed by atoms with E-state index in [1.807, 2.05) is 0 Å². The van der Waals surface area contributed by atoms with Gasteiger partial charge in [0, 0.05) is 12.4 Å². The first-order valence-electron chi connectivity index (χ1n) is 3.81. The van der Waals surface area contributed by atoms with E-state index < -0.39 is 11.5 Å². The maximum absolute atomic E-state index is 11.2. The van der Waals surface area contributed by atoms with Crippen LogP contribution >= 0.6 is 0 Å². The molecule has 1 aromatic heterocycles. The Balaban J connectivity index is 2.66. The minimum atomic E-state index is -1.42. The number of rotatable bonds is 2. The maximum atomic E-state index is 11.2. The van der Waals surface area contributed by atoms with Crippen molar-refractivity contribution in [2.24, 2.45) is 0 Å². The highest BCUT2D eigenvalue weighted by molar-refractivity contribution is 5.95. The van der Waals surface area contributed by atoms with Crippen molar-refractivity contribution < 1.29 is 9.90 Å². The van der Waals surface area contributed by atoms with E-state index in [-0.39, 0.29) is 5.95 Å². The molecule has 0 aliphatic heterocycles. The van der Waals surface area contributed by atoms with Crippen molar-refractivity contribution in [3.05, 3.63) is 18.5 Å². The average molecular weight is 181 g/mol. The number of nitrogens with one attached hydrogen (secondary N) is 1. The first-order chi connectivity index (χ1) is 6.00. The van der Waals surface area contributed by atoms with Crippen LogP contribution in [0.2, 0.25) is 0 Å². The van der Waals surface area contributed by atoms with Crippen molar-refractivity contribution in [3.63, 3.8) is 0 Å². The molecule has 0 radical (unpaired) electrons. The van der Waals surface area contributed by atoms with Crippen LogP contribution in [0.4, 0.5) is 5.95 Å². The summed E-state index contributed by atoms with van der Waals surface area (Å²) in [4.78, 5) is 18.7. The fourth-order valence-electron chi connectivity index (χ4n) is 0.618. The monoisotopic (exact) mass is 181 g/mol. The van der Waals surface area contributed by atoms with Gasteiger partial charge in [-0.3, -0.25) is 10.1 Å². The highest BCUT2D eigenvalue weighted by Gasteiger charge is 2.24. The van der Waals surface area contributed by atoms with Crippen LogP contribution in [0.25, 0.3) is 0 Å². The molecule has 0 unspecified atom stereocenters. The van der Waals surface area contributed by atoms with Crippen molar-refractivity contribution in [2.45, 2.75) is 19.4 Å². The van der Waals surface area contributed by atoms with Gasteiger partial charge in [0.05, 0.1) is 0 Å². The molecule has 5 nitrogen and oxygen atoms in total. The van der Waals surface area contributed by atoms with Crippen molar-refractivity contribution in [1.29, 1.82) is 0 Å². The molecule has 1 amide bonds. The maximum Gasteiger partial charge on any atom is 0.258 e. The Morgan fingerprint density at radius 3 is 2.46 bits per heavy atom. The summed E-state index contributed by atoms with van der Waals surface area (Å²) >= 11 is 0. The predicted molar refractivity (Wildman–Crippen MR) is 47.0 cm³/mol. The molecule has 13 heavy (non-hydrogen) atoms. The van der Waals surface area contributed by atoms with Gasteiger partial charge in [0.15, 0.2) is 0 Å². The Bertz CT molecular complexity index is 292. The number of hydrogen-bond donors (Lipinski definition) is 2. The molecule has 0 atom stereocenters. The second-order valence-electron chi connectivity index (χ2n) is 3.09. The average Bonchev–Trinajstić information content (AvgIpc) is 2.04. The lowest BCUT2D eigenvalue weighted by atomic mass is 10.1. The van der Waals surface area contributed by atoms with E-state index in [1.165, 1.54) is 26.2 Å². The summed E-state index contributed by atoms with van der Waals surface area (Å²) in [5.74, 6) is -0.340. The number of carbonyl (C=O) groups is 1. The number of nitrogens with zero attached hydrogens (tertiary/aromatic N) is 2. The number of aromatic nitrogens is 2. The van der Waals surface area contributed by atoms with Gasteiger partial charge in [0.25, 0.3) is 5.91 Å². The molecule has 0 saturated heterocycles.